The summed E-state index contributed by atoms with van der Waals surface area (Å²) in [7, 11) is 0. The monoisotopic (exact) mass is 798 g/mol. The molecule has 0 atom stereocenters. The fraction of sp³-hybridized carbons (Fsp3) is 0. The van der Waals surface area contributed by atoms with Gasteiger partial charge in [0.2, 0.25) is 0 Å². The molecule has 9 aromatic carbocycles. The van der Waals surface area contributed by atoms with E-state index in [2.05, 4.69) is 0 Å². The first kappa shape index (κ1) is 23.6. The smallest absolute Gasteiger partial charge is 0.164 e. The zero-order valence-corrected chi connectivity index (χ0v) is 32.2. The van der Waals surface area contributed by atoms with Crippen LogP contribution in [-0.2, 0) is 0 Å². The normalized spacial score (nSPS) is 14.6. The van der Waals surface area contributed by atoms with Gasteiger partial charge in [0.25, 0.3) is 0 Å². The fourth-order valence-corrected chi connectivity index (χ4v) is 8.75. The van der Waals surface area contributed by atoms with E-state index in [9.17, 15) is 5.48 Å². The van der Waals surface area contributed by atoms with Crippen LogP contribution in [0.4, 0.5) is 17.1 Å². The summed E-state index contributed by atoms with van der Waals surface area (Å²) < 4.78 is 126. The molecule has 0 aliphatic rings. The molecule has 0 bridgehead atoms. The van der Waals surface area contributed by atoms with Crippen molar-refractivity contribution in [2.24, 2.45) is 0 Å². The average molecular weight is 799 g/mol. The topological polar surface area (TPSA) is 41.9 Å². The van der Waals surface area contributed by atoms with Gasteiger partial charge >= 0.3 is 0 Å². The highest BCUT2D eigenvalue weighted by Gasteiger charge is 2.20. The minimum Gasteiger partial charge on any atom is -0.311 e. The van der Waals surface area contributed by atoms with Gasteiger partial charge in [0.05, 0.1) is 19.2 Å². The predicted octanol–water partition coefficient (Wildman–Crippen LogP) is 15.2. The van der Waals surface area contributed by atoms with E-state index in [-0.39, 0.29) is 5.56 Å². The second-order valence-electron chi connectivity index (χ2n) is 13.7. The third-order valence-electron chi connectivity index (χ3n) is 10.2. The molecule has 0 unspecified atom stereocenters. The number of thiophene rings is 1. The Bertz CT molecular complexity index is 3940. The Labute approximate surface area is 372 Å². The molecule has 2 aromatic heterocycles. The van der Waals surface area contributed by atoms with Gasteiger partial charge in [0.1, 0.15) is 0 Å². The van der Waals surface area contributed by atoms with Gasteiger partial charge in [-0.25, -0.2) is 15.0 Å². The van der Waals surface area contributed by atoms with Crippen LogP contribution in [0.2, 0.25) is 0 Å². The van der Waals surface area contributed by atoms with E-state index >= 15 is 0 Å². The molecule has 0 N–H and O–H groups in total. The second-order valence-corrected chi connectivity index (χ2v) is 14.8. The van der Waals surface area contributed by atoms with Crippen molar-refractivity contribution in [3.05, 3.63) is 218 Å². The predicted molar refractivity (Wildman–Crippen MR) is 252 cm³/mol. The third-order valence-corrected chi connectivity index (χ3v) is 11.4. The summed E-state index contributed by atoms with van der Waals surface area (Å²) in [4.78, 5) is 15.6. The van der Waals surface area contributed by atoms with Crippen LogP contribution < -0.4 is 4.90 Å². The summed E-state index contributed by atoms with van der Waals surface area (Å²) in [5.74, 6) is 1.51. The van der Waals surface area contributed by atoms with E-state index in [4.69, 9.17) is 28.7 Å². The molecule has 2 heterocycles. The van der Waals surface area contributed by atoms with Gasteiger partial charge in [0.15, 0.2) is 17.5 Å². The van der Waals surface area contributed by atoms with Crippen molar-refractivity contribution in [3.63, 3.8) is 0 Å². The fourth-order valence-electron chi connectivity index (χ4n) is 7.51. The molecule has 60 heavy (non-hydrogen) atoms. The van der Waals surface area contributed by atoms with E-state index in [1.807, 2.05) is 127 Å². The molecule has 11 rings (SSSR count). The Kier molecular flexibility index (Phi) is 5.99. The van der Waals surface area contributed by atoms with Crippen molar-refractivity contribution in [2.75, 3.05) is 4.90 Å². The SMILES string of the molecule is [2H]c1c([2H])c([2H])c(N(c2c([2H])c([2H])c([2H])c([2H])c2[2H])c2c([2H])c([2H])c(-c3ccc(-c4ccc(-c5nc(-c6ccccc6)nc(-c6ccccc6)n5)c5ccccc45)c4c3sc3ccccc34)c([2H])c2[2H])c([2H])c1[2H]. The number of fused-ring (bicyclic) bond motifs is 4. The number of para-hydroxylation sites is 2. The molecular formula is C55H36N4S. The maximum atomic E-state index is 9.64. The number of aromatic nitrogens is 3. The summed E-state index contributed by atoms with van der Waals surface area (Å²) in [6.07, 6.45) is 0. The summed E-state index contributed by atoms with van der Waals surface area (Å²) in [5.41, 5.74) is 2.17. The molecule has 4 nitrogen and oxygen atoms in total. The molecule has 11 aromatic rings. The summed E-state index contributed by atoms with van der Waals surface area (Å²) in [6.45, 7) is 0. The van der Waals surface area contributed by atoms with E-state index in [0.717, 1.165) is 54.1 Å². The van der Waals surface area contributed by atoms with Gasteiger partial charge in [-0.2, -0.15) is 0 Å². The first-order chi connectivity index (χ1) is 35.6. The molecule has 0 saturated heterocycles. The number of rotatable bonds is 8. The molecule has 0 aliphatic heterocycles. The Morgan fingerprint density at radius 1 is 0.367 bits per heavy atom. The average Bonchev–Trinajstić information content (AvgIpc) is 3.83. The van der Waals surface area contributed by atoms with Crippen LogP contribution in [0.3, 0.4) is 0 Å². The number of hydrogen-bond acceptors (Lipinski definition) is 5. The molecule has 0 saturated carbocycles. The van der Waals surface area contributed by atoms with Crippen molar-refractivity contribution >= 4 is 59.3 Å². The van der Waals surface area contributed by atoms with Crippen LogP contribution in [0.25, 0.3) is 87.4 Å². The zero-order chi connectivity index (χ0) is 52.0. The van der Waals surface area contributed by atoms with Crippen molar-refractivity contribution in [1.82, 2.24) is 15.0 Å². The van der Waals surface area contributed by atoms with Gasteiger partial charge in [-0.05, 0) is 81.4 Å². The minimum absolute atomic E-state index is 0.118. The second kappa shape index (κ2) is 15.2. The van der Waals surface area contributed by atoms with Crippen LogP contribution in [0.1, 0.15) is 19.2 Å². The maximum Gasteiger partial charge on any atom is 0.164 e. The van der Waals surface area contributed by atoms with Gasteiger partial charge in [-0.15, -0.1) is 11.3 Å². The summed E-state index contributed by atoms with van der Waals surface area (Å²) >= 11 is 1.40. The van der Waals surface area contributed by atoms with E-state index in [0.29, 0.717) is 32.6 Å². The summed E-state index contributed by atoms with van der Waals surface area (Å²) in [5, 5.41) is 3.39. The highest BCUT2D eigenvalue weighted by atomic mass is 32.1. The van der Waals surface area contributed by atoms with Gasteiger partial charge in [0, 0.05) is 53.9 Å². The van der Waals surface area contributed by atoms with Gasteiger partial charge in [-0.1, -0.05) is 170 Å². The minimum atomic E-state index is -0.867. The molecule has 0 radical (unpaired) electrons. The molecule has 5 heteroatoms. The highest BCUT2D eigenvalue weighted by molar-refractivity contribution is 7.26. The number of anilines is 3. The number of nitrogens with zero attached hydrogens (tertiary/aromatic N) is 4. The van der Waals surface area contributed by atoms with Crippen LogP contribution >= 0.6 is 11.3 Å². The molecule has 0 aliphatic carbocycles. The van der Waals surface area contributed by atoms with Crippen LogP contribution in [-0.4, -0.2) is 15.0 Å². The number of hydrogen-bond donors (Lipinski definition) is 0. The first-order valence-electron chi connectivity index (χ1n) is 26.0. The van der Waals surface area contributed by atoms with Crippen LogP contribution in [0, 0.1) is 0 Å². The van der Waals surface area contributed by atoms with Crippen LogP contribution in [0.15, 0.2) is 218 Å². The lowest BCUT2D eigenvalue weighted by Crippen LogP contribution is -2.09. The van der Waals surface area contributed by atoms with Crippen molar-refractivity contribution in [1.29, 1.82) is 0 Å². The van der Waals surface area contributed by atoms with E-state index < -0.39 is 102 Å². The Morgan fingerprint density at radius 3 is 1.45 bits per heavy atom. The third kappa shape index (κ3) is 6.38. The summed E-state index contributed by atoms with van der Waals surface area (Å²) in [6, 6.07) is 31.7. The molecule has 282 valence electrons. The quantitative estimate of drug-likeness (QED) is 0.154. The van der Waals surface area contributed by atoms with Crippen molar-refractivity contribution in [3.8, 4) is 56.4 Å². The zero-order valence-electron chi connectivity index (χ0n) is 45.4. The van der Waals surface area contributed by atoms with E-state index in [1.165, 1.54) is 11.3 Å². The standard InChI is InChI=1S/C55H36N4S/c1-5-17-38(18-6-1)53-56-54(39-19-7-2-8-20-39)58-55(57-53)48-36-34-46(44-25-13-14-26-45(44)48)47-35-33-43(52-51(47)49-27-15-16-28-50(49)60-52)37-29-31-42(32-30-37)59(40-21-9-3-10-22-40)41-23-11-4-12-24-41/h1-36H/i3D,4D,9D,10D,11D,12D,21D,22D,23D,24D,29D,30D,31D,32D. The lowest BCUT2D eigenvalue weighted by atomic mass is 9.90. The van der Waals surface area contributed by atoms with Crippen LogP contribution in [0.5, 0.6) is 0 Å². The lowest BCUT2D eigenvalue weighted by molar-refractivity contribution is 1.08. The first-order valence-corrected chi connectivity index (χ1v) is 19.8. The Balaban J connectivity index is 1.13. The lowest BCUT2D eigenvalue weighted by Gasteiger charge is -2.25. The Morgan fingerprint density at radius 2 is 0.833 bits per heavy atom. The number of benzene rings is 9. The van der Waals surface area contributed by atoms with Crippen molar-refractivity contribution in [2.45, 2.75) is 0 Å². The molecule has 0 spiro atoms. The largest absolute Gasteiger partial charge is 0.311 e. The van der Waals surface area contributed by atoms with Crippen molar-refractivity contribution < 1.29 is 19.2 Å². The van der Waals surface area contributed by atoms with E-state index in [1.54, 1.807) is 6.07 Å². The van der Waals surface area contributed by atoms with Gasteiger partial charge < -0.3 is 4.90 Å². The maximum absolute atomic E-state index is 9.64. The molecule has 0 fully saturated rings. The highest BCUT2D eigenvalue weighted by Crippen LogP contribution is 2.47. The molecule has 0 amide bonds. The molecular weight excluding hydrogens is 749 g/mol. The Hall–Kier alpha value is -7.73. The van der Waals surface area contributed by atoms with Gasteiger partial charge in [-0.3, -0.25) is 0 Å².